The molecule has 0 aromatic carbocycles. The van der Waals surface area contributed by atoms with E-state index in [2.05, 4.69) is 20.1 Å². The van der Waals surface area contributed by atoms with Crippen molar-refractivity contribution < 1.29 is 14.3 Å². The highest BCUT2D eigenvalue weighted by Crippen LogP contribution is 2.23. The fraction of sp³-hybridized carbons (Fsp3) is 0.294. The molecule has 3 aromatic heterocycles. The minimum atomic E-state index is -0.120. The molecule has 0 unspecified atom stereocenters. The minimum absolute atomic E-state index is 0.120. The summed E-state index contributed by atoms with van der Waals surface area (Å²) in [5.74, 6) is 0.386. The van der Waals surface area contributed by atoms with Crippen LogP contribution in [0.15, 0.2) is 36.9 Å². The smallest absolute Gasteiger partial charge is 0.274 e. The summed E-state index contributed by atoms with van der Waals surface area (Å²) < 4.78 is 12.1. The monoisotopic (exact) mass is 354 g/mol. The van der Waals surface area contributed by atoms with Gasteiger partial charge in [0, 0.05) is 25.4 Å². The molecule has 1 N–H and O–H groups in total. The number of morpholine rings is 1. The summed E-state index contributed by atoms with van der Waals surface area (Å²) >= 11 is 0. The number of aromatic amines is 1. The predicted molar refractivity (Wildman–Crippen MR) is 92.2 cm³/mol. The highest BCUT2D eigenvalue weighted by Gasteiger charge is 2.23. The molecule has 0 atom stereocenters. The number of nitrogens with one attached hydrogen (secondary N) is 1. The van der Waals surface area contributed by atoms with Gasteiger partial charge in [0.1, 0.15) is 5.69 Å². The highest BCUT2D eigenvalue weighted by molar-refractivity contribution is 5.93. The van der Waals surface area contributed by atoms with Gasteiger partial charge in [-0.1, -0.05) is 0 Å². The Hall–Kier alpha value is -3.20. The van der Waals surface area contributed by atoms with E-state index >= 15 is 0 Å². The van der Waals surface area contributed by atoms with Crippen molar-refractivity contribution in [1.29, 1.82) is 0 Å². The number of hydrogen-bond donors (Lipinski definition) is 1. The van der Waals surface area contributed by atoms with Crippen LogP contribution in [0.5, 0.6) is 5.88 Å². The molecule has 4 rings (SSSR count). The summed E-state index contributed by atoms with van der Waals surface area (Å²) in [6.45, 7) is 2.21. The minimum Gasteiger partial charge on any atom is -0.481 e. The van der Waals surface area contributed by atoms with Gasteiger partial charge in [0.05, 0.1) is 44.2 Å². The first-order chi connectivity index (χ1) is 12.8. The van der Waals surface area contributed by atoms with Gasteiger partial charge in [-0.3, -0.25) is 4.79 Å². The standard InChI is InChI=1S/C17H18N6O3/c1-25-16-3-2-12(9-19-16)23-15(14-10-18-11-20-14)8-13(21-23)17(24)22-4-6-26-7-5-22/h2-3,8-11H,4-7H2,1H3,(H,18,20). The van der Waals surface area contributed by atoms with Crippen LogP contribution in [0.2, 0.25) is 0 Å². The first-order valence-electron chi connectivity index (χ1n) is 8.23. The normalized spacial score (nSPS) is 14.4. The third-order valence-electron chi connectivity index (χ3n) is 4.16. The molecule has 3 aromatic rings. The van der Waals surface area contributed by atoms with Crippen molar-refractivity contribution in [2.45, 2.75) is 0 Å². The van der Waals surface area contributed by atoms with Crippen molar-refractivity contribution in [1.82, 2.24) is 29.6 Å². The molecule has 1 fully saturated rings. The van der Waals surface area contributed by atoms with E-state index in [4.69, 9.17) is 9.47 Å². The highest BCUT2D eigenvalue weighted by atomic mass is 16.5. The molecule has 9 heteroatoms. The molecule has 1 saturated heterocycles. The second-order valence-corrected chi connectivity index (χ2v) is 5.74. The van der Waals surface area contributed by atoms with Crippen molar-refractivity contribution in [3.05, 3.63) is 42.6 Å². The van der Waals surface area contributed by atoms with E-state index < -0.39 is 0 Å². The van der Waals surface area contributed by atoms with Gasteiger partial charge in [-0.25, -0.2) is 14.6 Å². The topological polar surface area (TPSA) is 98.2 Å². The number of amides is 1. The van der Waals surface area contributed by atoms with Gasteiger partial charge >= 0.3 is 0 Å². The molecular weight excluding hydrogens is 336 g/mol. The lowest BCUT2D eigenvalue weighted by atomic mass is 10.2. The maximum absolute atomic E-state index is 12.8. The van der Waals surface area contributed by atoms with Crippen LogP contribution >= 0.6 is 0 Å². The summed E-state index contributed by atoms with van der Waals surface area (Å²) in [5, 5.41) is 4.52. The average Bonchev–Trinajstić information content (AvgIpc) is 3.38. The van der Waals surface area contributed by atoms with E-state index in [0.29, 0.717) is 55.0 Å². The van der Waals surface area contributed by atoms with Crippen molar-refractivity contribution in [3.8, 4) is 23.0 Å². The van der Waals surface area contributed by atoms with Gasteiger partial charge < -0.3 is 19.4 Å². The third kappa shape index (κ3) is 3.04. The maximum Gasteiger partial charge on any atom is 0.274 e. The van der Waals surface area contributed by atoms with E-state index in [1.807, 2.05) is 6.07 Å². The van der Waals surface area contributed by atoms with Crippen LogP contribution in [0, 0.1) is 0 Å². The zero-order valence-corrected chi connectivity index (χ0v) is 14.3. The lowest BCUT2D eigenvalue weighted by Crippen LogP contribution is -2.40. The molecule has 1 aliphatic rings. The van der Waals surface area contributed by atoms with Crippen molar-refractivity contribution in [2.75, 3.05) is 33.4 Å². The van der Waals surface area contributed by atoms with Crippen LogP contribution < -0.4 is 4.74 Å². The number of imidazole rings is 1. The van der Waals surface area contributed by atoms with E-state index in [-0.39, 0.29) is 5.91 Å². The van der Waals surface area contributed by atoms with E-state index in [9.17, 15) is 4.79 Å². The first kappa shape index (κ1) is 16.3. The van der Waals surface area contributed by atoms with Crippen LogP contribution in [0.1, 0.15) is 10.5 Å². The van der Waals surface area contributed by atoms with Gasteiger partial charge in [0.15, 0.2) is 5.69 Å². The first-order valence-corrected chi connectivity index (χ1v) is 8.23. The Labute approximate surface area is 149 Å². The second kappa shape index (κ2) is 6.96. The molecular formula is C17H18N6O3. The van der Waals surface area contributed by atoms with E-state index in [1.165, 1.54) is 0 Å². The molecule has 134 valence electrons. The van der Waals surface area contributed by atoms with E-state index in [0.717, 1.165) is 0 Å². The van der Waals surface area contributed by atoms with Gasteiger partial charge in [-0.05, 0) is 12.1 Å². The SMILES string of the molecule is COc1ccc(-n2nc(C(=O)N3CCOCC3)cc2-c2c[nH]cn2)cn1. The van der Waals surface area contributed by atoms with Gasteiger partial charge in [-0.15, -0.1) is 0 Å². The molecule has 0 aliphatic carbocycles. The van der Waals surface area contributed by atoms with Crippen molar-refractivity contribution in [3.63, 3.8) is 0 Å². The number of aromatic nitrogens is 5. The largest absolute Gasteiger partial charge is 0.481 e. The summed E-state index contributed by atoms with van der Waals surface area (Å²) in [4.78, 5) is 26.0. The summed E-state index contributed by atoms with van der Waals surface area (Å²) in [6, 6.07) is 5.32. The zero-order chi connectivity index (χ0) is 17.9. The molecule has 1 aliphatic heterocycles. The summed E-state index contributed by atoms with van der Waals surface area (Å²) in [5.41, 5.74) is 2.47. The Bertz CT molecular complexity index is 882. The molecule has 4 heterocycles. The molecule has 0 spiro atoms. The number of nitrogens with zero attached hydrogens (tertiary/aromatic N) is 5. The Kier molecular flexibility index (Phi) is 4.36. The molecule has 0 radical (unpaired) electrons. The van der Waals surface area contributed by atoms with Crippen LogP contribution in [-0.4, -0.2) is 69.0 Å². The number of pyridine rings is 1. The number of rotatable bonds is 4. The fourth-order valence-corrected chi connectivity index (χ4v) is 2.81. The molecule has 0 bridgehead atoms. The number of hydrogen-bond acceptors (Lipinski definition) is 6. The number of methoxy groups -OCH3 is 1. The zero-order valence-electron chi connectivity index (χ0n) is 14.3. The number of H-pyrrole nitrogens is 1. The number of ether oxygens (including phenoxy) is 2. The number of carbonyl (C=O) groups is 1. The lowest BCUT2D eigenvalue weighted by molar-refractivity contribution is 0.0298. The molecule has 26 heavy (non-hydrogen) atoms. The Morgan fingerprint density at radius 3 is 2.77 bits per heavy atom. The quantitative estimate of drug-likeness (QED) is 0.754. The fourth-order valence-electron chi connectivity index (χ4n) is 2.81. The third-order valence-corrected chi connectivity index (χ3v) is 4.16. The number of carbonyl (C=O) groups excluding carboxylic acids is 1. The summed E-state index contributed by atoms with van der Waals surface area (Å²) in [7, 11) is 1.56. The second-order valence-electron chi connectivity index (χ2n) is 5.74. The molecule has 9 nitrogen and oxygen atoms in total. The van der Waals surface area contributed by atoms with Crippen LogP contribution in [0.4, 0.5) is 0 Å². The van der Waals surface area contributed by atoms with Gasteiger partial charge in [0.2, 0.25) is 5.88 Å². The Balaban J connectivity index is 1.74. The lowest BCUT2D eigenvalue weighted by Gasteiger charge is -2.25. The average molecular weight is 354 g/mol. The van der Waals surface area contributed by atoms with Crippen LogP contribution in [0.3, 0.4) is 0 Å². The van der Waals surface area contributed by atoms with Crippen LogP contribution in [-0.2, 0) is 4.74 Å². The van der Waals surface area contributed by atoms with Gasteiger partial charge in [0.25, 0.3) is 5.91 Å². The van der Waals surface area contributed by atoms with Crippen LogP contribution in [0.25, 0.3) is 17.1 Å². The van der Waals surface area contributed by atoms with E-state index in [1.54, 1.807) is 47.5 Å². The predicted octanol–water partition coefficient (Wildman–Crippen LogP) is 1.14. The molecule has 1 amide bonds. The Morgan fingerprint density at radius 2 is 2.12 bits per heavy atom. The summed E-state index contributed by atoms with van der Waals surface area (Å²) in [6.07, 6.45) is 4.99. The van der Waals surface area contributed by atoms with Crippen molar-refractivity contribution >= 4 is 5.91 Å². The maximum atomic E-state index is 12.8. The van der Waals surface area contributed by atoms with Gasteiger partial charge in [-0.2, -0.15) is 5.10 Å². The molecule has 0 saturated carbocycles. The Morgan fingerprint density at radius 1 is 1.27 bits per heavy atom. The van der Waals surface area contributed by atoms with Crippen molar-refractivity contribution in [2.24, 2.45) is 0 Å².